The number of aliphatic imine (C=N–C) groups is 1. The van der Waals surface area contributed by atoms with Crippen LogP contribution in [0.3, 0.4) is 0 Å². The summed E-state index contributed by atoms with van der Waals surface area (Å²) in [7, 11) is 3.56. The van der Waals surface area contributed by atoms with Crippen molar-refractivity contribution < 1.29 is 20.1 Å². The van der Waals surface area contributed by atoms with Gasteiger partial charge in [0.25, 0.3) is 0 Å². The zero-order chi connectivity index (χ0) is 16.5. The molecule has 1 saturated heterocycles. The van der Waals surface area contributed by atoms with Gasteiger partial charge < -0.3 is 25.0 Å². The third kappa shape index (κ3) is 3.02. The Labute approximate surface area is 127 Å². The molecule has 1 aliphatic heterocycles. The first-order valence-corrected chi connectivity index (χ1v) is 6.74. The molecule has 1 aromatic rings. The third-order valence-corrected chi connectivity index (χ3v) is 3.42. The van der Waals surface area contributed by atoms with Crippen molar-refractivity contribution in [2.75, 3.05) is 20.7 Å². The lowest BCUT2D eigenvalue weighted by molar-refractivity contribution is -0.0986. The number of rotatable bonds is 4. The van der Waals surface area contributed by atoms with Gasteiger partial charge in [-0.2, -0.15) is 4.98 Å². The molecule has 1 aromatic heterocycles. The summed E-state index contributed by atoms with van der Waals surface area (Å²) < 4.78 is 6.43. The average Bonchev–Trinajstić information content (AvgIpc) is 2.68. The molecule has 0 bridgehead atoms. The number of ether oxygens (including phenoxy) is 1. The van der Waals surface area contributed by atoms with E-state index < -0.39 is 36.3 Å². The summed E-state index contributed by atoms with van der Waals surface area (Å²) in [5, 5.41) is 29.4. The first kappa shape index (κ1) is 16.6. The van der Waals surface area contributed by atoms with Gasteiger partial charge in [0.2, 0.25) is 0 Å². The molecule has 0 aromatic carbocycles. The van der Waals surface area contributed by atoms with Gasteiger partial charge in [0.05, 0.1) is 12.9 Å². The number of aromatic nitrogens is 2. The second-order valence-corrected chi connectivity index (χ2v) is 5.56. The summed E-state index contributed by atoms with van der Waals surface area (Å²) >= 11 is 0. The summed E-state index contributed by atoms with van der Waals surface area (Å²) in [6.45, 7) is 0.865. The number of nitrogens with zero attached hydrogens (tertiary/aromatic N) is 4. The summed E-state index contributed by atoms with van der Waals surface area (Å²) in [5.41, 5.74) is -2.41. The number of hydrogen-bond acceptors (Lipinski definition) is 7. The fourth-order valence-corrected chi connectivity index (χ4v) is 2.22. The zero-order valence-corrected chi connectivity index (χ0v) is 12.6. The SMILES string of the molecule is CN(C)/C=N\c1ccn(C2O[C@H](CO)[C@H](O)C2(C)O)c(=O)n1. The highest BCUT2D eigenvalue weighted by Gasteiger charge is 2.53. The Balaban J connectivity index is 2.32. The Morgan fingerprint density at radius 1 is 1.59 bits per heavy atom. The predicted molar refractivity (Wildman–Crippen MR) is 78.0 cm³/mol. The van der Waals surface area contributed by atoms with Crippen molar-refractivity contribution in [1.29, 1.82) is 0 Å². The predicted octanol–water partition coefficient (Wildman–Crippen LogP) is -1.53. The second kappa shape index (κ2) is 6.13. The van der Waals surface area contributed by atoms with E-state index >= 15 is 0 Å². The third-order valence-electron chi connectivity index (χ3n) is 3.42. The standard InChI is InChI=1S/C13H20N4O5/c1-13(21)10(19)8(6-18)22-11(13)17-5-4-9(15-12(17)20)14-7-16(2)3/h4-5,7-8,10-11,18-19,21H,6H2,1-3H3/b14-7-/t8-,10+,11?,13?/m1/s1. The maximum atomic E-state index is 12.1. The zero-order valence-electron chi connectivity index (χ0n) is 12.6. The van der Waals surface area contributed by atoms with E-state index in [0.29, 0.717) is 0 Å². The van der Waals surface area contributed by atoms with E-state index in [-0.39, 0.29) is 5.82 Å². The Morgan fingerprint density at radius 3 is 2.77 bits per heavy atom. The molecule has 1 fully saturated rings. The van der Waals surface area contributed by atoms with Gasteiger partial charge in [-0.05, 0) is 13.0 Å². The molecule has 0 radical (unpaired) electrons. The molecular weight excluding hydrogens is 292 g/mol. The molecule has 122 valence electrons. The average molecular weight is 312 g/mol. The second-order valence-electron chi connectivity index (χ2n) is 5.56. The van der Waals surface area contributed by atoms with E-state index in [0.717, 1.165) is 4.57 Å². The maximum Gasteiger partial charge on any atom is 0.351 e. The Kier molecular flexibility index (Phi) is 4.61. The number of hydrogen-bond donors (Lipinski definition) is 3. The van der Waals surface area contributed by atoms with Gasteiger partial charge in [0.1, 0.15) is 17.8 Å². The highest BCUT2D eigenvalue weighted by atomic mass is 16.6. The molecule has 22 heavy (non-hydrogen) atoms. The van der Waals surface area contributed by atoms with Gasteiger partial charge in [-0.25, -0.2) is 9.79 Å². The summed E-state index contributed by atoms with van der Waals surface area (Å²) in [4.78, 5) is 21.6. The van der Waals surface area contributed by atoms with Gasteiger partial charge in [-0.3, -0.25) is 4.57 Å². The number of aliphatic hydroxyl groups excluding tert-OH is 2. The lowest BCUT2D eigenvalue weighted by Gasteiger charge is -2.27. The topological polar surface area (TPSA) is 120 Å². The van der Waals surface area contributed by atoms with Gasteiger partial charge in [0, 0.05) is 20.3 Å². The van der Waals surface area contributed by atoms with Gasteiger partial charge in [0.15, 0.2) is 12.0 Å². The molecule has 9 heteroatoms. The normalized spacial score (nSPS) is 31.8. The van der Waals surface area contributed by atoms with Crippen LogP contribution in [0.15, 0.2) is 22.1 Å². The number of aliphatic hydroxyl groups is 3. The first-order valence-electron chi connectivity index (χ1n) is 6.74. The van der Waals surface area contributed by atoms with E-state index in [1.807, 2.05) is 0 Å². The van der Waals surface area contributed by atoms with Crippen molar-refractivity contribution in [3.8, 4) is 0 Å². The summed E-state index contributed by atoms with van der Waals surface area (Å²) in [5.74, 6) is 0.215. The molecule has 2 heterocycles. The molecular formula is C13H20N4O5. The molecule has 1 aliphatic rings. The van der Waals surface area contributed by atoms with E-state index in [4.69, 9.17) is 9.84 Å². The largest absolute Gasteiger partial charge is 0.394 e. The van der Waals surface area contributed by atoms with Crippen LogP contribution in [0.5, 0.6) is 0 Å². The lowest BCUT2D eigenvalue weighted by atomic mass is 9.96. The van der Waals surface area contributed by atoms with Crippen LogP contribution in [-0.2, 0) is 4.74 Å². The maximum absolute atomic E-state index is 12.1. The van der Waals surface area contributed by atoms with Crippen molar-refractivity contribution in [1.82, 2.24) is 14.5 Å². The minimum Gasteiger partial charge on any atom is -0.394 e. The molecule has 0 spiro atoms. The molecule has 2 rings (SSSR count). The van der Waals surface area contributed by atoms with Gasteiger partial charge in [-0.1, -0.05) is 0 Å². The Bertz CT molecular complexity index is 613. The highest BCUT2D eigenvalue weighted by molar-refractivity contribution is 5.58. The minimum absolute atomic E-state index is 0.215. The molecule has 2 unspecified atom stereocenters. The molecule has 0 aliphatic carbocycles. The van der Waals surface area contributed by atoms with Crippen LogP contribution >= 0.6 is 0 Å². The van der Waals surface area contributed by atoms with Crippen LogP contribution < -0.4 is 5.69 Å². The highest BCUT2D eigenvalue weighted by Crippen LogP contribution is 2.37. The van der Waals surface area contributed by atoms with E-state index in [2.05, 4.69) is 9.98 Å². The molecule has 3 N–H and O–H groups in total. The van der Waals surface area contributed by atoms with Crippen LogP contribution in [0.1, 0.15) is 13.2 Å². The Hall–Kier alpha value is -1.81. The van der Waals surface area contributed by atoms with Crippen LogP contribution in [0, 0.1) is 0 Å². The minimum atomic E-state index is -1.73. The van der Waals surface area contributed by atoms with E-state index in [9.17, 15) is 15.0 Å². The summed E-state index contributed by atoms with van der Waals surface area (Å²) in [6, 6.07) is 1.49. The summed E-state index contributed by atoms with van der Waals surface area (Å²) in [6.07, 6.45) is -0.561. The smallest absolute Gasteiger partial charge is 0.351 e. The fraction of sp³-hybridized carbons (Fsp3) is 0.615. The van der Waals surface area contributed by atoms with Crippen LogP contribution in [0.2, 0.25) is 0 Å². The Morgan fingerprint density at radius 2 is 2.27 bits per heavy atom. The van der Waals surface area contributed by atoms with E-state index in [1.165, 1.54) is 25.5 Å². The molecule has 4 atom stereocenters. The van der Waals surface area contributed by atoms with Gasteiger partial charge >= 0.3 is 5.69 Å². The fourth-order valence-electron chi connectivity index (χ4n) is 2.22. The van der Waals surface area contributed by atoms with Crippen molar-refractivity contribution in [2.45, 2.75) is 31.0 Å². The van der Waals surface area contributed by atoms with Crippen LogP contribution in [0.4, 0.5) is 5.82 Å². The quantitative estimate of drug-likeness (QED) is 0.455. The van der Waals surface area contributed by atoms with E-state index in [1.54, 1.807) is 19.0 Å². The molecule has 0 saturated carbocycles. The van der Waals surface area contributed by atoms with Crippen molar-refractivity contribution in [3.05, 3.63) is 22.7 Å². The van der Waals surface area contributed by atoms with Crippen molar-refractivity contribution in [3.63, 3.8) is 0 Å². The van der Waals surface area contributed by atoms with Crippen LogP contribution in [-0.4, -0.2) is 74.6 Å². The molecule has 9 nitrogen and oxygen atoms in total. The lowest BCUT2D eigenvalue weighted by Crippen LogP contribution is -2.46. The van der Waals surface area contributed by atoms with Crippen molar-refractivity contribution in [2.24, 2.45) is 4.99 Å². The molecule has 0 amide bonds. The van der Waals surface area contributed by atoms with Crippen molar-refractivity contribution >= 4 is 12.2 Å². The van der Waals surface area contributed by atoms with Gasteiger partial charge in [-0.15, -0.1) is 0 Å². The van der Waals surface area contributed by atoms with Crippen LogP contribution in [0.25, 0.3) is 0 Å². The first-order chi connectivity index (χ1) is 10.3. The monoisotopic (exact) mass is 312 g/mol.